The van der Waals surface area contributed by atoms with Crippen molar-refractivity contribution in [2.45, 2.75) is 25.5 Å². The maximum atomic E-state index is 12.1. The van der Waals surface area contributed by atoms with Crippen LogP contribution in [0.1, 0.15) is 18.4 Å². The lowest BCUT2D eigenvalue weighted by molar-refractivity contribution is -0.149. The Balaban J connectivity index is 2.85. The second-order valence-corrected chi connectivity index (χ2v) is 4.83. The molecule has 1 amide bonds. The summed E-state index contributed by atoms with van der Waals surface area (Å²) in [4.78, 5) is 45.4. The first-order valence-electron chi connectivity index (χ1n) is 6.95. The highest BCUT2D eigenvalue weighted by atomic mass is 16.6. The van der Waals surface area contributed by atoms with E-state index in [2.05, 4.69) is 0 Å². The first-order valence-corrected chi connectivity index (χ1v) is 6.95. The van der Waals surface area contributed by atoms with E-state index in [1.165, 1.54) is 0 Å². The third-order valence-electron chi connectivity index (χ3n) is 3.04. The number of nitrogens with zero attached hydrogens (tertiary/aromatic N) is 1. The van der Waals surface area contributed by atoms with Crippen LogP contribution in [-0.4, -0.2) is 56.8 Å². The van der Waals surface area contributed by atoms with Crippen LogP contribution in [0.2, 0.25) is 0 Å². The predicted molar refractivity (Wildman–Crippen MR) is 79.3 cm³/mol. The van der Waals surface area contributed by atoms with E-state index in [1.54, 1.807) is 30.3 Å². The molecule has 0 bridgehead atoms. The monoisotopic (exact) mass is 339 g/mol. The number of carboxylic acids is 3. The summed E-state index contributed by atoms with van der Waals surface area (Å²) < 4.78 is 4.97. The molecule has 130 valence electrons. The van der Waals surface area contributed by atoms with Crippen LogP contribution in [0.5, 0.6) is 0 Å². The molecule has 0 fully saturated rings. The Labute approximate surface area is 137 Å². The van der Waals surface area contributed by atoms with Crippen molar-refractivity contribution >= 4 is 24.0 Å². The number of benzene rings is 1. The third-order valence-corrected chi connectivity index (χ3v) is 3.04. The number of carboxylic acid groups (broad SMARTS) is 3. The van der Waals surface area contributed by atoms with Crippen molar-refractivity contribution in [3.05, 3.63) is 35.9 Å². The van der Waals surface area contributed by atoms with Crippen molar-refractivity contribution in [3.8, 4) is 0 Å². The van der Waals surface area contributed by atoms with Gasteiger partial charge in [-0.3, -0.25) is 14.5 Å². The molecule has 0 heterocycles. The summed E-state index contributed by atoms with van der Waals surface area (Å²) in [5.74, 6) is -4.24. The number of hydrogen-bond donors (Lipinski definition) is 3. The van der Waals surface area contributed by atoms with Crippen molar-refractivity contribution in [2.75, 3.05) is 6.54 Å². The topological polar surface area (TPSA) is 141 Å². The number of amides is 1. The molecule has 9 heteroatoms. The van der Waals surface area contributed by atoms with Gasteiger partial charge in [0.25, 0.3) is 0 Å². The molecular formula is C15H17NO8. The molecule has 1 aromatic rings. The van der Waals surface area contributed by atoms with Crippen LogP contribution in [0.3, 0.4) is 0 Å². The van der Waals surface area contributed by atoms with Crippen LogP contribution >= 0.6 is 0 Å². The van der Waals surface area contributed by atoms with Crippen molar-refractivity contribution in [1.29, 1.82) is 0 Å². The average molecular weight is 339 g/mol. The molecule has 1 aromatic carbocycles. The van der Waals surface area contributed by atoms with Gasteiger partial charge in [0.05, 0.1) is 12.8 Å². The zero-order valence-electron chi connectivity index (χ0n) is 12.6. The van der Waals surface area contributed by atoms with E-state index in [1.807, 2.05) is 0 Å². The SMILES string of the molecule is O=C(O)CCN(C(=O)OCc1ccccc1)C(CC(=O)O)C(=O)O. The molecule has 9 nitrogen and oxygen atoms in total. The zero-order chi connectivity index (χ0) is 18.1. The molecule has 1 rings (SSSR count). The Morgan fingerprint density at radius 2 is 1.62 bits per heavy atom. The maximum Gasteiger partial charge on any atom is 0.410 e. The minimum atomic E-state index is -1.72. The average Bonchev–Trinajstić information content (AvgIpc) is 2.52. The number of hydrogen-bond acceptors (Lipinski definition) is 5. The standard InChI is InChI=1S/C15H17NO8/c17-12(18)6-7-16(11(14(21)22)8-13(19)20)15(23)24-9-10-4-2-1-3-5-10/h1-5,11H,6-9H2,(H,17,18)(H,19,20)(H,21,22). The third kappa shape index (κ3) is 6.34. The van der Waals surface area contributed by atoms with Crippen LogP contribution in [0.4, 0.5) is 4.79 Å². The van der Waals surface area contributed by atoms with Gasteiger partial charge in [-0.1, -0.05) is 30.3 Å². The fraction of sp³-hybridized carbons (Fsp3) is 0.333. The largest absolute Gasteiger partial charge is 0.481 e. The van der Waals surface area contributed by atoms with Crippen molar-refractivity contribution in [2.24, 2.45) is 0 Å². The lowest BCUT2D eigenvalue weighted by atomic mass is 10.1. The summed E-state index contributed by atoms with van der Waals surface area (Å²) >= 11 is 0. The van der Waals surface area contributed by atoms with Gasteiger partial charge < -0.3 is 20.1 Å². The summed E-state index contributed by atoms with van der Waals surface area (Å²) in [5, 5.41) is 26.6. The summed E-state index contributed by atoms with van der Waals surface area (Å²) in [5.41, 5.74) is 0.647. The Morgan fingerprint density at radius 1 is 1.00 bits per heavy atom. The molecule has 0 aliphatic carbocycles. The molecule has 0 aliphatic heterocycles. The Morgan fingerprint density at radius 3 is 2.12 bits per heavy atom. The fourth-order valence-electron chi connectivity index (χ4n) is 1.89. The van der Waals surface area contributed by atoms with E-state index in [9.17, 15) is 19.2 Å². The number of ether oxygens (including phenoxy) is 1. The van der Waals surface area contributed by atoms with Gasteiger partial charge in [0.2, 0.25) is 0 Å². The molecule has 0 aliphatic rings. The van der Waals surface area contributed by atoms with E-state index < -0.39 is 49.4 Å². The lowest BCUT2D eigenvalue weighted by Crippen LogP contribution is -2.47. The van der Waals surface area contributed by atoms with Gasteiger partial charge in [0.15, 0.2) is 0 Å². The maximum absolute atomic E-state index is 12.1. The van der Waals surface area contributed by atoms with Crippen LogP contribution in [0.15, 0.2) is 30.3 Å². The molecule has 0 aromatic heterocycles. The van der Waals surface area contributed by atoms with Crippen LogP contribution < -0.4 is 0 Å². The minimum absolute atomic E-state index is 0.150. The highest BCUT2D eigenvalue weighted by Gasteiger charge is 2.33. The first kappa shape index (κ1) is 18.9. The summed E-state index contributed by atoms with van der Waals surface area (Å²) in [6, 6.07) is 6.84. The normalized spacial score (nSPS) is 11.3. The molecule has 1 unspecified atom stereocenters. The fourth-order valence-corrected chi connectivity index (χ4v) is 1.89. The quantitative estimate of drug-likeness (QED) is 0.605. The van der Waals surface area contributed by atoms with Crippen LogP contribution in [0, 0.1) is 0 Å². The molecule has 0 spiro atoms. The molecular weight excluding hydrogens is 322 g/mol. The summed E-state index contributed by atoms with van der Waals surface area (Å²) in [7, 11) is 0. The molecule has 3 N–H and O–H groups in total. The Hall–Kier alpha value is -3.10. The number of rotatable bonds is 9. The number of aliphatic carboxylic acids is 3. The minimum Gasteiger partial charge on any atom is -0.481 e. The highest BCUT2D eigenvalue weighted by molar-refractivity contribution is 5.85. The second-order valence-electron chi connectivity index (χ2n) is 4.83. The number of carbonyl (C=O) groups is 4. The van der Waals surface area contributed by atoms with Gasteiger partial charge in [-0.15, -0.1) is 0 Å². The molecule has 1 atom stereocenters. The first-order chi connectivity index (χ1) is 11.3. The van der Waals surface area contributed by atoms with Gasteiger partial charge in [-0.05, 0) is 5.56 Å². The van der Waals surface area contributed by atoms with Gasteiger partial charge in [-0.2, -0.15) is 0 Å². The van der Waals surface area contributed by atoms with E-state index in [0.717, 1.165) is 0 Å². The van der Waals surface area contributed by atoms with E-state index in [0.29, 0.717) is 10.5 Å². The zero-order valence-corrected chi connectivity index (χ0v) is 12.6. The van der Waals surface area contributed by atoms with Gasteiger partial charge >= 0.3 is 24.0 Å². The molecule has 0 radical (unpaired) electrons. The summed E-state index contributed by atoms with van der Waals surface area (Å²) in [6.45, 7) is -0.629. The smallest absolute Gasteiger partial charge is 0.410 e. The second kappa shape index (κ2) is 9.13. The van der Waals surface area contributed by atoms with E-state index in [-0.39, 0.29) is 6.61 Å². The van der Waals surface area contributed by atoms with Gasteiger partial charge in [-0.25, -0.2) is 9.59 Å². The lowest BCUT2D eigenvalue weighted by Gasteiger charge is -2.26. The van der Waals surface area contributed by atoms with Crippen molar-refractivity contribution in [3.63, 3.8) is 0 Å². The predicted octanol–water partition coefficient (Wildman–Crippen LogP) is 1.03. The number of carbonyl (C=O) groups excluding carboxylic acids is 1. The Kier molecular flexibility index (Phi) is 7.21. The Bertz CT molecular complexity index is 601. The van der Waals surface area contributed by atoms with E-state index >= 15 is 0 Å². The van der Waals surface area contributed by atoms with E-state index in [4.69, 9.17) is 20.1 Å². The molecule has 24 heavy (non-hydrogen) atoms. The van der Waals surface area contributed by atoms with Crippen molar-refractivity contribution in [1.82, 2.24) is 4.90 Å². The summed E-state index contributed by atoms with van der Waals surface area (Å²) in [6.07, 6.45) is -2.49. The van der Waals surface area contributed by atoms with Gasteiger partial charge in [0, 0.05) is 6.54 Å². The van der Waals surface area contributed by atoms with Crippen LogP contribution in [-0.2, 0) is 25.7 Å². The molecule has 0 saturated carbocycles. The van der Waals surface area contributed by atoms with Crippen LogP contribution in [0.25, 0.3) is 0 Å². The highest BCUT2D eigenvalue weighted by Crippen LogP contribution is 2.11. The van der Waals surface area contributed by atoms with Crippen molar-refractivity contribution < 1.29 is 39.2 Å². The van der Waals surface area contributed by atoms with Gasteiger partial charge in [0.1, 0.15) is 12.6 Å². The molecule has 0 saturated heterocycles.